The molecule has 0 radical (unpaired) electrons. The van der Waals surface area contributed by atoms with Crippen molar-refractivity contribution in [2.75, 3.05) is 0 Å². The minimum absolute atomic E-state index is 0.153. The van der Waals surface area contributed by atoms with Crippen molar-refractivity contribution < 1.29 is 15.0 Å². The Hall–Kier alpha value is -0.830. The maximum atomic E-state index is 10.1. The van der Waals surface area contributed by atoms with Crippen molar-refractivity contribution in [3.63, 3.8) is 0 Å². The fourth-order valence-electron chi connectivity index (χ4n) is 1.09. The lowest BCUT2D eigenvalue weighted by Crippen LogP contribution is -2.06. The summed E-state index contributed by atoms with van der Waals surface area (Å²) in [5.41, 5.74) is 0. The van der Waals surface area contributed by atoms with E-state index in [1.807, 2.05) is 19.1 Å². The Labute approximate surface area is 79.1 Å². The molecule has 0 amide bonds. The van der Waals surface area contributed by atoms with Gasteiger partial charge in [-0.1, -0.05) is 12.2 Å². The van der Waals surface area contributed by atoms with Crippen LogP contribution < -0.4 is 0 Å². The van der Waals surface area contributed by atoms with Gasteiger partial charge in [0.25, 0.3) is 0 Å². The summed E-state index contributed by atoms with van der Waals surface area (Å²) in [5.74, 6) is -0.791. The van der Waals surface area contributed by atoms with E-state index in [9.17, 15) is 9.90 Å². The highest BCUT2D eigenvalue weighted by Crippen LogP contribution is 2.07. The molecule has 0 rings (SSSR count). The number of carboxylic acid groups (broad SMARTS) is 1. The Balaban J connectivity index is 3.29. The lowest BCUT2D eigenvalue weighted by Gasteiger charge is -2.07. The van der Waals surface area contributed by atoms with Crippen LogP contribution in [0.2, 0.25) is 0 Å². The Morgan fingerprint density at radius 1 is 1.46 bits per heavy atom. The first-order valence-corrected chi connectivity index (χ1v) is 4.67. The number of rotatable bonds is 7. The quantitative estimate of drug-likeness (QED) is 0.597. The lowest BCUT2D eigenvalue weighted by atomic mass is 10.1. The smallest absolute Gasteiger partial charge is 0.303 e. The molecule has 0 aliphatic carbocycles. The van der Waals surface area contributed by atoms with E-state index in [1.165, 1.54) is 0 Å². The molecule has 0 bridgehead atoms. The van der Waals surface area contributed by atoms with Gasteiger partial charge in [0.2, 0.25) is 0 Å². The first-order valence-electron chi connectivity index (χ1n) is 4.67. The van der Waals surface area contributed by atoms with Gasteiger partial charge in [0, 0.05) is 6.42 Å². The summed E-state index contributed by atoms with van der Waals surface area (Å²) in [4.78, 5) is 10.1. The summed E-state index contributed by atoms with van der Waals surface area (Å²) in [6.07, 6.45) is 6.49. The lowest BCUT2D eigenvalue weighted by molar-refractivity contribution is -0.137. The molecule has 13 heavy (non-hydrogen) atoms. The molecule has 3 heteroatoms. The van der Waals surface area contributed by atoms with Gasteiger partial charge in [0.1, 0.15) is 0 Å². The first-order chi connectivity index (χ1) is 6.16. The van der Waals surface area contributed by atoms with Gasteiger partial charge in [0.15, 0.2) is 0 Å². The van der Waals surface area contributed by atoms with E-state index in [2.05, 4.69) is 0 Å². The number of aliphatic hydroxyl groups excluding tert-OH is 1. The average Bonchev–Trinajstić information content (AvgIpc) is 2.04. The van der Waals surface area contributed by atoms with Crippen LogP contribution in [-0.2, 0) is 4.79 Å². The van der Waals surface area contributed by atoms with E-state index in [4.69, 9.17) is 5.11 Å². The minimum Gasteiger partial charge on any atom is -0.481 e. The van der Waals surface area contributed by atoms with Crippen LogP contribution in [0.4, 0.5) is 0 Å². The number of hydrogen-bond donors (Lipinski definition) is 2. The van der Waals surface area contributed by atoms with Gasteiger partial charge in [-0.25, -0.2) is 0 Å². The Morgan fingerprint density at radius 2 is 2.15 bits per heavy atom. The molecule has 0 aliphatic rings. The van der Waals surface area contributed by atoms with Gasteiger partial charge in [-0.2, -0.15) is 0 Å². The van der Waals surface area contributed by atoms with Gasteiger partial charge >= 0.3 is 5.97 Å². The van der Waals surface area contributed by atoms with E-state index >= 15 is 0 Å². The van der Waals surface area contributed by atoms with Gasteiger partial charge in [-0.15, -0.1) is 0 Å². The Kier molecular flexibility index (Phi) is 7.30. The Morgan fingerprint density at radius 3 is 2.69 bits per heavy atom. The largest absolute Gasteiger partial charge is 0.481 e. The fourth-order valence-corrected chi connectivity index (χ4v) is 1.09. The van der Waals surface area contributed by atoms with Gasteiger partial charge in [-0.05, 0) is 32.6 Å². The summed E-state index contributed by atoms with van der Waals surface area (Å²) >= 11 is 0. The molecule has 0 saturated heterocycles. The zero-order valence-corrected chi connectivity index (χ0v) is 8.07. The van der Waals surface area contributed by atoms with Crippen molar-refractivity contribution in [3.05, 3.63) is 12.2 Å². The van der Waals surface area contributed by atoms with Crippen LogP contribution in [-0.4, -0.2) is 22.3 Å². The van der Waals surface area contributed by atoms with Gasteiger partial charge in [-0.3, -0.25) is 4.79 Å². The summed E-state index contributed by atoms with van der Waals surface area (Å²) in [7, 11) is 0. The van der Waals surface area contributed by atoms with Gasteiger partial charge < -0.3 is 10.2 Å². The van der Waals surface area contributed by atoms with Crippen LogP contribution in [0.5, 0.6) is 0 Å². The van der Waals surface area contributed by atoms with Crippen molar-refractivity contribution in [2.45, 2.75) is 45.1 Å². The second kappa shape index (κ2) is 7.80. The molecule has 0 aromatic carbocycles. The number of carboxylic acids is 1. The normalized spacial score (nSPS) is 13.4. The summed E-state index contributed by atoms with van der Waals surface area (Å²) in [6, 6.07) is 0. The highest BCUT2D eigenvalue weighted by molar-refractivity contribution is 5.66. The average molecular weight is 186 g/mol. The van der Waals surface area contributed by atoms with Crippen LogP contribution in [0.1, 0.15) is 39.0 Å². The number of carbonyl (C=O) groups is 1. The highest BCUT2D eigenvalue weighted by atomic mass is 16.4. The molecule has 1 atom stereocenters. The maximum Gasteiger partial charge on any atom is 0.303 e. The minimum atomic E-state index is -0.791. The van der Waals surface area contributed by atoms with Crippen LogP contribution in [0.3, 0.4) is 0 Å². The van der Waals surface area contributed by atoms with Gasteiger partial charge in [0.05, 0.1) is 6.10 Å². The second-order valence-electron chi connectivity index (χ2n) is 3.09. The van der Waals surface area contributed by atoms with E-state index in [0.717, 1.165) is 12.8 Å². The fraction of sp³-hybridized carbons (Fsp3) is 0.700. The third-order valence-electron chi connectivity index (χ3n) is 1.83. The first kappa shape index (κ1) is 12.2. The van der Waals surface area contributed by atoms with Crippen LogP contribution >= 0.6 is 0 Å². The van der Waals surface area contributed by atoms with E-state index in [0.29, 0.717) is 12.8 Å². The summed E-state index contributed by atoms with van der Waals surface area (Å²) in [6.45, 7) is 1.94. The van der Waals surface area contributed by atoms with Crippen molar-refractivity contribution >= 4 is 5.97 Å². The maximum absolute atomic E-state index is 10.1. The van der Waals surface area contributed by atoms with Crippen LogP contribution in [0.15, 0.2) is 12.2 Å². The molecule has 0 spiro atoms. The zero-order chi connectivity index (χ0) is 10.1. The molecule has 76 valence electrons. The second-order valence-corrected chi connectivity index (χ2v) is 3.09. The number of aliphatic carboxylic acids is 1. The molecule has 0 aromatic heterocycles. The van der Waals surface area contributed by atoms with Crippen molar-refractivity contribution in [1.29, 1.82) is 0 Å². The molecule has 1 unspecified atom stereocenters. The topological polar surface area (TPSA) is 57.5 Å². The van der Waals surface area contributed by atoms with E-state index in [1.54, 1.807) is 0 Å². The molecule has 0 saturated carbocycles. The molecule has 0 aromatic rings. The molecule has 0 fully saturated rings. The molecule has 0 aliphatic heterocycles. The molecular formula is C10H18O3. The zero-order valence-electron chi connectivity index (χ0n) is 8.07. The van der Waals surface area contributed by atoms with E-state index in [-0.39, 0.29) is 12.5 Å². The number of allylic oxidation sites excluding steroid dienone is 2. The molecular weight excluding hydrogens is 168 g/mol. The standard InChI is InChI=1S/C10H18O3/c1-2-3-4-6-9(11)7-5-8-10(12)13/h2-3,9,11H,4-8H2,1H3,(H,12,13). The predicted octanol–water partition coefficient (Wildman–Crippen LogP) is 1.96. The predicted molar refractivity (Wildman–Crippen MR) is 51.5 cm³/mol. The van der Waals surface area contributed by atoms with Crippen LogP contribution in [0.25, 0.3) is 0 Å². The Bertz CT molecular complexity index is 164. The van der Waals surface area contributed by atoms with Crippen molar-refractivity contribution in [2.24, 2.45) is 0 Å². The van der Waals surface area contributed by atoms with Crippen LogP contribution in [0, 0.1) is 0 Å². The number of hydrogen-bond acceptors (Lipinski definition) is 2. The van der Waals surface area contributed by atoms with E-state index < -0.39 is 5.97 Å². The number of aliphatic hydroxyl groups is 1. The SMILES string of the molecule is CC=CCCC(O)CCCC(=O)O. The van der Waals surface area contributed by atoms with Crippen molar-refractivity contribution in [3.8, 4) is 0 Å². The third kappa shape index (κ3) is 9.08. The summed E-state index contributed by atoms with van der Waals surface area (Å²) < 4.78 is 0. The van der Waals surface area contributed by atoms with Crippen molar-refractivity contribution in [1.82, 2.24) is 0 Å². The highest BCUT2D eigenvalue weighted by Gasteiger charge is 2.04. The third-order valence-corrected chi connectivity index (χ3v) is 1.83. The molecule has 3 nitrogen and oxygen atoms in total. The molecule has 0 heterocycles. The summed E-state index contributed by atoms with van der Waals surface area (Å²) in [5, 5.41) is 17.7. The monoisotopic (exact) mass is 186 g/mol. The molecule has 2 N–H and O–H groups in total.